The Bertz CT molecular complexity index is 652. The van der Waals surface area contributed by atoms with Gasteiger partial charge in [-0.1, -0.05) is 29.7 Å². The fourth-order valence-corrected chi connectivity index (χ4v) is 2.41. The average Bonchev–Trinajstić information content (AvgIpc) is 2.76. The van der Waals surface area contributed by atoms with Gasteiger partial charge in [0.2, 0.25) is 6.10 Å². The molecule has 8 heteroatoms. The van der Waals surface area contributed by atoms with E-state index in [1.54, 1.807) is 20.8 Å². The number of carbonyl (C=O) groups excluding carboxylic acids is 2. The molecule has 1 aliphatic heterocycles. The van der Waals surface area contributed by atoms with E-state index in [0.29, 0.717) is 0 Å². The lowest BCUT2D eigenvalue weighted by molar-refractivity contribution is -0.146. The fraction of sp³-hybridized carbons (Fsp3) is 0.438. The van der Waals surface area contributed by atoms with Crippen molar-refractivity contribution in [2.24, 2.45) is 0 Å². The number of hydrogen-bond donors (Lipinski definition) is 1. The molecule has 1 fully saturated rings. The number of rotatable bonds is 3. The van der Waals surface area contributed by atoms with Crippen molar-refractivity contribution >= 4 is 31.5 Å². The van der Waals surface area contributed by atoms with Gasteiger partial charge in [0.25, 0.3) is 0 Å². The lowest BCUT2D eigenvalue weighted by Gasteiger charge is -2.26. The lowest BCUT2D eigenvalue weighted by Crippen LogP contribution is -2.46. The molecule has 128 valence electrons. The highest BCUT2D eigenvalue weighted by molar-refractivity contribution is 6.32. The first-order valence-corrected chi connectivity index (χ1v) is 7.59. The van der Waals surface area contributed by atoms with Gasteiger partial charge in [-0.2, -0.15) is 0 Å². The number of aliphatic carboxylic acids is 1. The van der Waals surface area contributed by atoms with Crippen LogP contribution in [-0.4, -0.2) is 53.8 Å². The minimum absolute atomic E-state index is 0.169. The number of carboxylic acids is 1. The van der Waals surface area contributed by atoms with Gasteiger partial charge in [-0.3, -0.25) is 0 Å². The van der Waals surface area contributed by atoms with Crippen LogP contribution in [0.25, 0.3) is 0 Å². The van der Waals surface area contributed by atoms with Crippen LogP contribution >= 0.6 is 0 Å². The van der Waals surface area contributed by atoms with E-state index in [0.717, 1.165) is 15.9 Å². The third-order valence-electron chi connectivity index (χ3n) is 3.50. The highest BCUT2D eigenvalue weighted by Gasteiger charge is 2.50. The minimum Gasteiger partial charge on any atom is -0.478 e. The Labute approximate surface area is 140 Å². The molecule has 2 amide bonds. The summed E-state index contributed by atoms with van der Waals surface area (Å²) >= 11 is 0. The minimum atomic E-state index is -1.42. The van der Waals surface area contributed by atoms with Crippen molar-refractivity contribution in [2.45, 2.75) is 44.9 Å². The van der Waals surface area contributed by atoms with Gasteiger partial charge in [0.15, 0.2) is 0 Å². The zero-order chi connectivity index (χ0) is 18.1. The van der Waals surface area contributed by atoms with Gasteiger partial charge in [0, 0.05) is 0 Å². The first-order chi connectivity index (χ1) is 11.1. The molecule has 0 aromatic heterocycles. The number of imide groups is 1. The number of amides is 2. The maximum Gasteiger partial charge on any atom is 0.420 e. The van der Waals surface area contributed by atoms with Gasteiger partial charge < -0.3 is 14.6 Å². The van der Waals surface area contributed by atoms with E-state index >= 15 is 0 Å². The summed E-state index contributed by atoms with van der Waals surface area (Å²) < 4.78 is 10.1. The van der Waals surface area contributed by atoms with Crippen LogP contribution in [-0.2, 0) is 20.7 Å². The van der Waals surface area contributed by atoms with Crippen molar-refractivity contribution in [1.29, 1.82) is 0 Å². The molecule has 1 saturated heterocycles. The van der Waals surface area contributed by atoms with E-state index in [4.69, 9.17) is 9.47 Å². The third kappa shape index (κ3) is 4.07. The molecule has 0 spiro atoms. The molecular weight excluding hydrogens is 313 g/mol. The maximum atomic E-state index is 12.3. The van der Waals surface area contributed by atoms with Gasteiger partial charge in [-0.05, 0) is 32.8 Å². The molecular formula is C16H20BNO6. The number of benzene rings is 1. The number of carbonyl (C=O) groups is 3. The molecule has 1 aromatic carbocycles. The summed E-state index contributed by atoms with van der Waals surface area (Å²) in [7, 11) is 1.93. The van der Waals surface area contributed by atoms with E-state index < -0.39 is 35.9 Å². The fourth-order valence-electron chi connectivity index (χ4n) is 2.41. The Morgan fingerprint density at radius 3 is 2.38 bits per heavy atom. The molecule has 24 heavy (non-hydrogen) atoms. The maximum absolute atomic E-state index is 12.3. The van der Waals surface area contributed by atoms with Gasteiger partial charge >= 0.3 is 18.2 Å². The summed E-state index contributed by atoms with van der Waals surface area (Å²) in [5, 5.41) is 9.30. The van der Waals surface area contributed by atoms with Crippen molar-refractivity contribution < 1.29 is 29.0 Å². The summed E-state index contributed by atoms with van der Waals surface area (Å²) in [4.78, 5) is 36.5. The number of carboxylic acid groups (broad SMARTS) is 1. The third-order valence-corrected chi connectivity index (χ3v) is 3.50. The monoisotopic (exact) mass is 333 g/mol. The molecule has 2 rings (SSSR count). The van der Waals surface area contributed by atoms with Crippen LogP contribution in [0.3, 0.4) is 0 Å². The highest BCUT2D eigenvalue weighted by atomic mass is 16.6. The molecule has 1 aliphatic rings. The lowest BCUT2D eigenvalue weighted by atomic mass is 9.93. The molecule has 1 heterocycles. The molecule has 7 nitrogen and oxygen atoms in total. The number of ether oxygens (including phenoxy) is 2. The highest BCUT2D eigenvalue weighted by Crippen LogP contribution is 2.25. The van der Waals surface area contributed by atoms with E-state index in [2.05, 4.69) is 0 Å². The Kier molecular flexibility index (Phi) is 4.87. The van der Waals surface area contributed by atoms with Crippen molar-refractivity contribution in [1.82, 2.24) is 4.90 Å². The Balaban J connectivity index is 2.28. The Morgan fingerprint density at radius 2 is 1.88 bits per heavy atom. The predicted octanol–water partition coefficient (Wildman–Crippen LogP) is 0.697. The quantitative estimate of drug-likeness (QED) is 0.819. The van der Waals surface area contributed by atoms with Crippen molar-refractivity contribution in [3.8, 4) is 0 Å². The van der Waals surface area contributed by atoms with Crippen LogP contribution in [0.15, 0.2) is 24.3 Å². The summed E-state index contributed by atoms with van der Waals surface area (Å²) in [6, 6.07) is 6.43. The largest absolute Gasteiger partial charge is 0.478 e. The van der Waals surface area contributed by atoms with E-state index in [9.17, 15) is 19.5 Å². The normalized spacial score (nSPS) is 20.6. The van der Waals surface area contributed by atoms with Gasteiger partial charge in [-0.15, -0.1) is 0 Å². The standard InChI is InChI=1S/C16H20BNO6/c1-16(2,3)24-15(22)18-11(12(13(19)20)23-14(18)21)8-9-4-6-10(17)7-5-9/h4-7,11-12H,8,17H2,1-3H3,(H,19,20)/t11-,12+/m1/s1. The van der Waals surface area contributed by atoms with Gasteiger partial charge in [0.05, 0.1) is 6.04 Å². The smallest absolute Gasteiger partial charge is 0.420 e. The molecule has 0 aliphatic carbocycles. The van der Waals surface area contributed by atoms with Crippen LogP contribution in [0, 0.1) is 0 Å². The average molecular weight is 333 g/mol. The second kappa shape index (κ2) is 6.55. The van der Waals surface area contributed by atoms with Crippen LogP contribution in [0.2, 0.25) is 0 Å². The molecule has 0 radical (unpaired) electrons. The first kappa shape index (κ1) is 17.8. The second-order valence-electron chi connectivity index (χ2n) is 6.75. The van der Waals surface area contributed by atoms with E-state index in [1.807, 2.05) is 32.1 Å². The van der Waals surface area contributed by atoms with E-state index in [-0.39, 0.29) is 6.42 Å². The summed E-state index contributed by atoms with van der Waals surface area (Å²) in [6.07, 6.45) is -3.17. The zero-order valence-corrected chi connectivity index (χ0v) is 14.1. The van der Waals surface area contributed by atoms with Crippen molar-refractivity contribution in [3.63, 3.8) is 0 Å². The molecule has 0 saturated carbocycles. The van der Waals surface area contributed by atoms with Crippen LogP contribution in [0.5, 0.6) is 0 Å². The number of hydrogen-bond acceptors (Lipinski definition) is 5. The SMILES string of the molecule is Bc1ccc(C[C@@H]2[C@@H](C(=O)O)OC(=O)N2C(=O)OC(C)(C)C)cc1. The summed E-state index contributed by atoms with van der Waals surface area (Å²) in [5.41, 5.74) is 1.03. The van der Waals surface area contributed by atoms with Crippen LogP contribution < -0.4 is 5.46 Å². The molecule has 2 atom stereocenters. The molecule has 0 bridgehead atoms. The van der Waals surface area contributed by atoms with Crippen LogP contribution in [0.1, 0.15) is 26.3 Å². The first-order valence-electron chi connectivity index (χ1n) is 7.59. The molecule has 1 aromatic rings. The van der Waals surface area contributed by atoms with E-state index in [1.165, 1.54) is 0 Å². The second-order valence-corrected chi connectivity index (χ2v) is 6.75. The molecule has 1 N–H and O–H groups in total. The predicted molar refractivity (Wildman–Crippen MR) is 88.1 cm³/mol. The van der Waals surface area contributed by atoms with Crippen molar-refractivity contribution in [3.05, 3.63) is 29.8 Å². The summed E-state index contributed by atoms with van der Waals surface area (Å²) in [6.45, 7) is 4.99. The van der Waals surface area contributed by atoms with Crippen molar-refractivity contribution in [2.75, 3.05) is 0 Å². The number of nitrogens with zero attached hydrogens (tertiary/aromatic N) is 1. The number of cyclic esters (lactones) is 1. The Morgan fingerprint density at radius 1 is 1.29 bits per heavy atom. The topological polar surface area (TPSA) is 93.1 Å². The van der Waals surface area contributed by atoms with Gasteiger partial charge in [-0.25, -0.2) is 19.3 Å². The Hall–Kier alpha value is -2.51. The van der Waals surface area contributed by atoms with Crippen LogP contribution in [0.4, 0.5) is 9.59 Å². The molecule has 0 unspecified atom stereocenters. The summed E-state index contributed by atoms with van der Waals surface area (Å²) in [5.74, 6) is -1.30. The zero-order valence-electron chi connectivity index (χ0n) is 14.1. The van der Waals surface area contributed by atoms with Gasteiger partial charge in [0.1, 0.15) is 13.4 Å².